The van der Waals surface area contributed by atoms with E-state index in [0.717, 1.165) is 23.7 Å². The Morgan fingerprint density at radius 3 is 1.87 bits per heavy atom. The van der Waals surface area contributed by atoms with E-state index < -0.39 is 0 Å². The third-order valence-electron chi connectivity index (χ3n) is 11.2. The van der Waals surface area contributed by atoms with Gasteiger partial charge in [0, 0.05) is 0 Å². The van der Waals surface area contributed by atoms with Crippen LogP contribution in [0.15, 0.2) is 0 Å². The quantitative estimate of drug-likeness (QED) is 0.286. The average Bonchev–Trinajstić information content (AvgIpc) is 2.70. The molecule has 3 aliphatic rings. The summed E-state index contributed by atoms with van der Waals surface area (Å²) >= 11 is 0. The molecule has 0 spiro atoms. The Hall–Kier alpha value is 0. The Labute approximate surface area is 197 Å². The molecule has 3 aliphatic carbocycles. The second kappa shape index (κ2) is 11.0. The van der Waals surface area contributed by atoms with Crippen LogP contribution in [0.25, 0.3) is 0 Å². The summed E-state index contributed by atoms with van der Waals surface area (Å²) in [5.74, 6) is 3.90. The summed E-state index contributed by atoms with van der Waals surface area (Å²) in [6, 6.07) is 0. The Bertz CT molecular complexity index is 532. The van der Waals surface area contributed by atoms with Gasteiger partial charge in [0.25, 0.3) is 0 Å². The van der Waals surface area contributed by atoms with E-state index in [1.807, 2.05) is 0 Å². The van der Waals surface area contributed by atoms with Gasteiger partial charge in [0.2, 0.25) is 0 Å². The molecule has 0 saturated heterocycles. The van der Waals surface area contributed by atoms with Crippen LogP contribution in [0.4, 0.5) is 0 Å². The number of hydrogen-bond donors (Lipinski definition) is 0. The second-order valence-electron chi connectivity index (χ2n) is 13.6. The van der Waals surface area contributed by atoms with Crippen LogP contribution in [0.2, 0.25) is 0 Å². The zero-order chi connectivity index (χ0) is 22.5. The van der Waals surface area contributed by atoms with Crippen molar-refractivity contribution >= 4 is 0 Å². The van der Waals surface area contributed by atoms with Gasteiger partial charge in [0.05, 0.1) is 0 Å². The Morgan fingerprint density at radius 1 is 0.613 bits per heavy atom. The van der Waals surface area contributed by atoms with Gasteiger partial charge in [-0.05, 0) is 78.4 Å². The summed E-state index contributed by atoms with van der Waals surface area (Å²) in [5, 5.41) is 0. The summed E-state index contributed by atoms with van der Waals surface area (Å²) in [5.41, 5.74) is 1.81. The molecule has 0 N–H and O–H groups in total. The third-order valence-corrected chi connectivity index (χ3v) is 11.2. The van der Waals surface area contributed by atoms with E-state index in [-0.39, 0.29) is 0 Å². The smallest absolute Gasteiger partial charge is 0.0259 e. The van der Waals surface area contributed by atoms with Gasteiger partial charge in [-0.25, -0.2) is 0 Å². The normalized spacial score (nSPS) is 39.7. The lowest BCUT2D eigenvalue weighted by Gasteiger charge is -2.66. The van der Waals surface area contributed by atoms with E-state index >= 15 is 0 Å². The van der Waals surface area contributed by atoms with Crippen molar-refractivity contribution < 1.29 is 0 Å². The molecule has 0 heteroatoms. The van der Waals surface area contributed by atoms with E-state index in [2.05, 4.69) is 41.5 Å². The first kappa shape index (κ1) is 25.6. The molecule has 0 heterocycles. The van der Waals surface area contributed by atoms with Crippen LogP contribution in [0.3, 0.4) is 0 Å². The van der Waals surface area contributed by atoms with Crippen molar-refractivity contribution in [1.29, 1.82) is 0 Å². The van der Waals surface area contributed by atoms with Crippen LogP contribution in [-0.4, -0.2) is 0 Å². The van der Waals surface area contributed by atoms with E-state index in [1.165, 1.54) is 116 Å². The first-order valence-corrected chi connectivity index (χ1v) is 14.8. The number of fused-ring (bicyclic) bond motifs is 3. The van der Waals surface area contributed by atoms with Gasteiger partial charge in [-0.3, -0.25) is 0 Å². The maximum atomic E-state index is 2.76. The lowest BCUT2D eigenvalue weighted by Crippen LogP contribution is -2.59. The zero-order valence-electron chi connectivity index (χ0n) is 22.5. The molecule has 0 aliphatic heterocycles. The molecule has 0 aromatic rings. The lowest BCUT2D eigenvalue weighted by atomic mass is 9.38. The van der Waals surface area contributed by atoms with Crippen molar-refractivity contribution in [3.05, 3.63) is 0 Å². The zero-order valence-corrected chi connectivity index (χ0v) is 22.5. The van der Waals surface area contributed by atoms with Crippen molar-refractivity contribution in [3.8, 4) is 0 Å². The number of hydrogen-bond acceptors (Lipinski definition) is 0. The van der Waals surface area contributed by atoms with Gasteiger partial charge in [0.1, 0.15) is 0 Å². The Balaban J connectivity index is 1.50. The first-order chi connectivity index (χ1) is 14.8. The molecule has 3 rings (SSSR count). The van der Waals surface area contributed by atoms with Gasteiger partial charge in [-0.2, -0.15) is 0 Å². The molecular weight excluding hydrogens is 372 g/mol. The van der Waals surface area contributed by atoms with Crippen molar-refractivity contribution in [2.45, 2.75) is 157 Å². The summed E-state index contributed by atoms with van der Waals surface area (Å²) in [7, 11) is 0. The molecule has 0 aromatic carbocycles. The van der Waals surface area contributed by atoms with Gasteiger partial charge in [-0.1, -0.05) is 119 Å². The van der Waals surface area contributed by atoms with Crippen molar-refractivity contribution in [1.82, 2.24) is 0 Å². The van der Waals surface area contributed by atoms with Gasteiger partial charge in [0.15, 0.2) is 0 Å². The Morgan fingerprint density at radius 2 is 1.23 bits per heavy atom. The number of rotatable bonds is 11. The first-order valence-electron chi connectivity index (χ1n) is 14.8. The number of unbranched alkanes of at least 4 members (excludes halogenated alkanes) is 9. The SMILES string of the molecule is CCCCCCCCCCCC[C@@H]1[C@@H](C)CC[C@H]2[C@@]1(C)CC[C@H]1C(C)(C)CCC[C@]21C. The third kappa shape index (κ3) is 5.57. The summed E-state index contributed by atoms with van der Waals surface area (Å²) < 4.78 is 0. The molecule has 0 radical (unpaired) electrons. The fraction of sp³-hybridized carbons (Fsp3) is 1.00. The molecule has 0 aromatic heterocycles. The van der Waals surface area contributed by atoms with E-state index in [9.17, 15) is 0 Å². The van der Waals surface area contributed by atoms with Crippen LogP contribution in [-0.2, 0) is 0 Å². The van der Waals surface area contributed by atoms with Crippen LogP contribution in [0.5, 0.6) is 0 Å². The van der Waals surface area contributed by atoms with Crippen LogP contribution >= 0.6 is 0 Å². The molecule has 0 nitrogen and oxygen atoms in total. The molecule has 3 fully saturated rings. The highest BCUT2D eigenvalue weighted by molar-refractivity contribution is 5.10. The second-order valence-corrected chi connectivity index (χ2v) is 13.6. The molecule has 0 unspecified atom stereocenters. The van der Waals surface area contributed by atoms with Crippen LogP contribution in [0.1, 0.15) is 157 Å². The average molecular weight is 431 g/mol. The molecule has 0 bridgehead atoms. The molecule has 3 saturated carbocycles. The highest BCUT2D eigenvalue weighted by Crippen LogP contribution is 2.69. The molecular formula is C31H58. The predicted octanol–water partition coefficient (Wildman–Crippen LogP) is 10.6. The molecule has 0 amide bonds. The highest BCUT2D eigenvalue weighted by atomic mass is 14.7. The van der Waals surface area contributed by atoms with Crippen molar-refractivity contribution in [2.24, 2.45) is 39.9 Å². The topological polar surface area (TPSA) is 0 Å². The summed E-state index contributed by atoms with van der Waals surface area (Å²) in [6.45, 7) is 15.6. The van der Waals surface area contributed by atoms with Crippen molar-refractivity contribution in [2.75, 3.05) is 0 Å². The minimum atomic E-state index is 0.573. The summed E-state index contributed by atoms with van der Waals surface area (Å²) in [4.78, 5) is 0. The minimum absolute atomic E-state index is 0.573. The van der Waals surface area contributed by atoms with Gasteiger partial charge >= 0.3 is 0 Å². The van der Waals surface area contributed by atoms with Crippen molar-refractivity contribution in [3.63, 3.8) is 0 Å². The monoisotopic (exact) mass is 430 g/mol. The standard InChI is InChI=1S/C31H58/c1-7-8-9-10-11-12-13-14-15-16-18-26-25(2)19-20-28-30(26,5)24-21-27-29(3,4)22-17-23-31(27,28)6/h25-28H,7-24H2,1-6H3/t25-,26+,27-,28-,30-,31-/m0/s1. The van der Waals surface area contributed by atoms with E-state index in [0.29, 0.717) is 16.2 Å². The molecule has 6 atom stereocenters. The molecule has 182 valence electrons. The van der Waals surface area contributed by atoms with Crippen LogP contribution in [0, 0.1) is 39.9 Å². The fourth-order valence-corrected chi connectivity index (χ4v) is 9.54. The minimum Gasteiger partial charge on any atom is -0.0654 e. The van der Waals surface area contributed by atoms with E-state index in [1.54, 1.807) is 0 Å². The largest absolute Gasteiger partial charge is 0.0654 e. The maximum absolute atomic E-state index is 2.76. The van der Waals surface area contributed by atoms with Crippen LogP contribution < -0.4 is 0 Å². The van der Waals surface area contributed by atoms with E-state index in [4.69, 9.17) is 0 Å². The predicted molar refractivity (Wildman–Crippen MR) is 138 cm³/mol. The summed E-state index contributed by atoms with van der Waals surface area (Å²) in [6.07, 6.45) is 26.7. The van der Waals surface area contributed by atoms with Gasteiger partial charge in [-0.15, -0.1) is 0 Å². The highest BCUT2D eigenvalue weighted by Gasteiger charge is 2.61. The molecule has 31 heavy (non-hydrogen) atoms. The fourth-order valence-electron chi connectivity index (χ4n) is 9.54. The Kier molecular flexibility index (Phi) is 9.05. The lowest BCUT2D eigenvalue weighted by molar-refractivity contribution is -0.174. The maximum Gasteiger partial charge on any atom is -0.0259 e. The van der Waals surface area contributed by atoms with Gasteiger partial charge < -0.3 is 0 Å².